The highest BCUT2D eigenvalue weighted by molar-refractivity contribution is 8.00. The van der Waals surface area contributed by atoms with E-state index in [0.717, 1.165) is 37.0 Å². The Hall–Kier alpha value is -2.85. The molecule has 0 unspecified atom stereocenters. The van der Waals surface area contributed by atoms with Gasteiger partial charge in [0.2, 0.25) is 5.91 Å². The highest BCUT2D eigenvalue weighted by Gasteiger charge is 2.27. The number of carbonyl (C=O) groups excluding carboxylic acids is 2. The van der Waals surface area contributed by atoms with Gasteiger partial charge in [0, 0.05) is 20.1 Å². The second-order valence-corrected chi connectivity index (χ2v) is 12.1. The number of amides is 2. The second kappa shape index (κ2) is 12.3. The second-order valence-electron chi connectivity index (χ2n) is 9.93. The molecule has 1 fully saturated rings. The van der Waals surface area contributed by atoms with Crippen LogP contribution in [0.5, 0.6) is 5.75 Å². The molecule has 8 nitrogen and oxygen atoms in total. The Morgan fingerprint density at radius 2 is 1.89 bits per heavy atom. The molecule has 1 atom stereocenters. The van der Waals surface area contributed by atoms with Gasteiger partial charge in [-0.05, 0) is 49.4 Å². The van der Waals surface area contributed by atoms with Gasteiger partial charge >= 0.3 is 0 Å². The van der Waals surface area contributed by atoms with Crippen LogP contribution >= 0.6 is 23.1 Å². The monoisotopic (exact) mass is 556 g/mol. The maximum atomic E-state index is 13.9. The lowest BCUT2D eigenvalue weighted by atomic mass is 9.95. The number of rotatable bonds is 9. The maximum Gasteiger partial charge on any atom is 0.263 e. The number of nitrogens with zero attached hydrogens (tertiary/aromatic N) is 3. The normalized spacial score (nSPS) is 14.9. The van der Waals surface area contributed by atoms with Gasteiger partial charge in [-0.25, -0.2) is 4.98 Å². The molecule has 1 aliphatic rings. The Kier molecular flexibility index (Phi) is 9.15. The van der Waals surface area contributed by atoms with E-state index in [2.05, 4.69) is 5.32 Å². The van der Waals surface area contributed by atoms with Gasteiger partial charge in [0.05, 0.1) is 29.2 Å². The van der Waals surface area contributed by atoms with Crippen molar-refractivity contribution in [3.63, 3.8) is 0 Å². The van der Waals surface area contributed by atoms with Crippen LogP contribution in [-0.2, 0) is 11.3 Å². The summed E-state index contributed by atoms with van der Waals surface area (Å²) in [6.07, 6.45) is 6.12. The highest BCUT2D eigenvalue weighted by atomic mass is 32.2. The number of methoxy groups -OCH3 is 1. The summed E-state index contributed by atoms with van der Waals surface area (Å²) in [5.41, 5.74) is 1.35. The molecular weight excluding hydrogens is 520 g/mol. The molecule has 0 bridgehead atoms. The molecule has 0 aliphatic heterocycles. The number of nitrogens with one attached hydrogen (secondary N) is 1. The topological polar surface area (TPSA) is 93.5 Å². The van der Waals surface area contributed by atoms with Crippen LogP contribution in [0.1, 0.15) is 66.2 Å². The van der Waals surface area contributed by atoms with E-state index >= 15 is 0 Å². The van der Waals surface area contributed by atoms with E-state index < -0.39 is 0 Å². The lowest BCUT2D eigenvalue weighted by molar-refractivity contribution is -0.121. The third kappa shape index (κ3) is 6.07. The van der Waals surface area contributed by atoms with Crippen molar-refractivity contribution in [2.24, 2.45) is 0 Å². The predicted molar refractivity (Wildman–Crippen MR) is 154 cm³/mol. The van der Waals surface area contributed by atoms with Gasteiger partial charge < -0.3 is 15.0 Å². The number of hydrogen-bond donors (Lipinski definition) is 1. The lowest BCUT2D eigenvalue weighted by Crippen LogP contribution is -2.41. The molecule has 1 saturated carbocycles. The fourth-order valence-electron chi connectivity index (χ4n) is 4.74. The van der Waals surface area contributed by atoms with Gasteiger partial charge in [-0.3, -0.25) is 19.0 Å². The first-order valence-electron chi connectivity index (χ1n) is 13.1. The standard InChI is InChI=1S/C28H36N4O4S2/c1-6-21(24(33)29-19-10-8-7-9-11-19)37-28-30-25-22(17(2)23(38-25)27(35)31(3)4)26(34)32(28)16-18-12-14-20(36-5)15-13-18/h12-15,19,21H,6-11,16H2,1-5H3,(H,29,33)/t21-/m0/s1. The Bertz CT molecular complexity index is 1360. The highest BCUT2D eigenvalue weighted by Crippen LogP contribution is 2.32. The Morgan fingerprint density at radius 3 is 2.50 bits per heavy atom. The first-order valence-corrected chi connectivity index (χ1v) is 14.8. The van der Waals surface area contributed by atoms with E-state index in [1.165, 1.54) is 34.4 Å². The van der Waals surface area contributed by atoms with Gasteiger partial charge in [-0.15, -0.1) is 11.3 Å². The minimum atomic E-state index is -0.382. The molecule has 2 heterocycles. The summed E-state index contributed by atoms with van der Waals surface area (Å²) in [5, 5.41) is 3.78. The van der Waals surface area contributed by atoms with Crippen LogP contribution in [0.4, 0.5) is 0 Å². The molecule has 2 amide bonds. The number of carbonyl (C=O) groups is 2. The summed E-state index contributed by atoms with van der Waals surface area (Å²) >= 11 is 2.56. The van der Waals surface area contributed by atoms with E-state index in [9.17, 15) is 14.4 Å². The zero-order valence-electron chi connectivity index (χ0n) is 22.7. The van der Waals surface area contributed by atoms with Crippen molar-refractivity contribution in [2.75, 3.05) is 21.2 Å². The quantitative estimate of drug-likeness (QED) is 0.299. The van der Waals surface area contributed by atoms with Crippen LogP contribution in [0.25, 0.3) is 10.2 Å². The fraction of sp³-hybridized carbons (Fsp3) is 0.500. The first kappa shape index (κ1) is 28.2. The number of aromatic nitrogens is 2. The lowest BCUT2D eigenvalue weighted by Gasteiger charge is -2.25. The molecular formula is C28H36N4O4S2. The van der Waals surface area contributed by atoms with Crippen molar-refractivity contribution in [2.45, 2.75) is 75.4 Å². The van der Waals surface area contributed by atoms with E-state index in [1.807, 2.05) is 31.2 Å². The minimum Gasteiger partial charge on any atom is -0.497 e. The average molecular weight is 557 g/mol. The van der Waals surface area contributed by atoms with Crippen LogP contribution in [-0.4, -0.2) is 58.8 Å². The summed E-state index contributed by atoms with van der Waals surface area (Å²) in [5.74, 6) is 0.565. The van der Waals surface area contributed by atoms with Crippen molar-refractivity contribution in [3.8, 4) is 5.75 Å². The molecule has 38 heavy (non-hydrogen) atoms. The maximum absolute atomic E-state index is 13.9. The van der Waals surface area contributed by atoms with E-state index in [1.54, 1.807) is 32.7 Å². The summed E-state index contributed by atoms with van der Waals surface area (Å²) in [6.45, 7) is 4.07. The molecule has 1 aliphatic carbocycles. The molecule has 3 aromatic rings. The SMILES string of the molecule is CC[C@H](Sc1nc2sc(C(=O)N(C)C)c(C)c2c(=O)n1Cc1ccc(OC)cc1)C(=O)NC1CCCCC1. The van der Waals surface area contributed by atoms with Crippen LogP contribution < -0.4 is 15.6 Å². The van der Waals surface area contributed by atoms with Gasteiger partial charge in [-0.2, -0.15) is 0 Å². The molecule has 0 spiro atoms. The van der Waals surface area contributed by atoms with Gasteiger partial charge in [0.15, 0.2) is 5.16 Å². The Labute approximate surface area is 231 Å². The Morgan fingerprint density at radius 1 is 1.21 bits per heavy atom. The van der Waals surface area contributed by atoms with Gasteiger partial charge in [0.1, 0.15) is 10.6 Å². The van der Waals surface area contributed by atoms with Crippen molar-refractivity contribution in [1.82, 2.24) is 19.8 Å². The summed E-state index contributed by atoms with van der Waals surface area (Å²) in [6, 6.07) is 7.75. The van der Waals surface area contributed by atoms with E-state index in [-0.39, 0.29) is 28.7 Å². The molecule has 1 N–H and O–H groups in total. The van der Waals surface area contributed by atoms with Crippen molar-refractivity contribution in [1.29, 1.82) is 0 Å². The third-order valence-electron chi connectivity index (χ3n) is 6.98. The predicted octanol–water partition coefficient (Wildman–Crippen LogP) is 4.84. The van der Waals surface area contributed by atoms with Gasteiger partial charge in [-0.1, -0.05) is 50.1 Å². The summed E-state index contributed by atoms with van der Waals surface area (Å²) in [4.78, 5) is 47.4. The molecule has 2 aromatic heterocycles. The fourth-order valence-corrected chi connectivity index (χ4v) is 7.00. The van der Waals surface area contributed by atoms with Gasteiger partial charge in [0.25, 0.3) is 11.5 Å². The van der Waals surface area contributed by atoms with E-state index in [4.69, 9.17) is 9.72 Å². The number of benzene rings is 1. The van der Waals surface area contributed by atoms with Crippen molar-refractivity contribution in [3.05, 3.63) is 50.6 Å². The number of thiophene rings is 1. The first-order chi connectivity index (χ1) is 18.2. The van der Waals surface area contributed by atoms with Crippen molar-refractivity contribution < 1.29 is 14.3 Å². The van der Waals surface area contributed by atoms with Crippen LogP contribution in [0.2, 0.25) is 0 Å². The van der Waals surface area contributed by atoms with Crippen LogP contribution in [0, 0.1) is 6.92 Å². The summed E-state index contributed by atoms with van der Waals surface area (Å²) in [7, 11) is 5.00. The molecule has 4 rings (SSSR count). The molecule has 204 valence electrons. The Balaban J connectivity index is 1.75. The molecule has 10 heteroatoms. The molecule has 0 radical (unpaired) electrons. The third-order valence-corrected chi connectivity index (χ3v) is 9.51. The van der Waals surface area contributed by atoms with Crippen LogP contribution in [0.3, 0.4) is 0 Å². The zero-order chi connectivity index (χ0) is 27.4. The number of thioether (sulfide) groups is 1. The minimum absolute atomic E-state index is 0.0134. The number of ether oxygens (including phenoxy) is 1. The number of fused-ring (bicyclic) bond motifs is 1. The molecule has 1 aromatic carbocycles. The molecule has 0 saturated heterocycles. The smallest absolute Gasteiger partial charge is 0.263 e. The van der Waals surface area contributed by atoms with Crippen LogP contribution in [0.15, 0.2) is 34.2 Å². The zero-order valence-corrected chi connectivity index (χ0v) is 24.3. The average Bonchev–Trinajstić information content (AvgIpc) is 3.25. The summed E-state index contributed by atoms with van der Waals surface area (Å²) < 4.78 is 6.91. The number of hydrogen-bond acceptors (Lipinski definition) is 7. The number of aryl methyl sites for hydroxylation is 1. The van der Waals surface area contributed by atoms with E-state index in [0.29, 0.717) is 38.8 Å². The largest absolute Gasteiger partial charge is 0.497 e. The van der Waals surface area contributed by atoms with Crippen molar-refractivity contribution >= 4 is 45.1 Å².